The van der Waals surface area contributed by atoms with Crippen LogP contribution in [0, 0.1) is 0 Å². The average Bonchev–Trinajstić information content (AvgIpc) is 2.70. The van der Waals surface area contributed by atoms with Gasteiger partial charge in [0.1, 0.15) is 0 Å². The van der Waals surface area contributed by atoms with Gasteiger partial charge < -0.3 is 16.0 Å². The molecule has 0 radical (unpaired) electrons. The van der Waals surface area contributed by atoms with Crippen molar-refractivity contribution in [2.24, 2.45) is 5.73 Å². The monoisotopic (exact) mass is 261 g/mol. The third kappa shape index (κ3) is 2.93. The number of carbonyl (C=O) groups is 2. The van der Waals surface area contributed by atoms with Gasteiger partial charge in [-0.05, 0) is 24.6 Å². The Morgan fingerprint density at radius 1 is 1.47 bits per heavy atom. The van der Waals surface area contributed by atoms with Crippen LogP contribution >= 0.6 is 0 Å². The summed E-state index contributed by atoms with van der Waals surface area (Å²) in [5.74, 6) is -0.430. The molecule has 1 heterocycles. The SMILES string of the molecule is CC(C)NC1CCN(c2cccc(C(N)=O)c2)C1=O. The third-order valence-electron chi connectivity index (χ3n) is 3.18. The van der Waals surface area contributed by atoms with Gasteiger partial charge in [0.2, 0.25) is 11.8 Å². The highest BCUT2D eigenvalue weighted by Crippen LogP contribution is 2.22. The molecule has 5 nitrogen and oxygen atoms in total. The van der Waals surface area contributed by atoms with Crippen LogP contribution in [0.25, 0.3) is 0 Å². The molecule has 2 amide bonds. The molecule has 1 saturated heterocycles. The predicted molar refractivity (Wildman–Crippen MR) is 74.0 cm³/mol. The van der Waals surface area contributed by atoms with Crippen molar-refractivity contribution in [2.45, 2.75) is 32.4 Å². The van der Waals surface area contributed by atoms with Crippen LogP contribution in [0.2, 0.25) is 0 Å². The standard InChI is InChI=1S/C14H19N3O2/c1-9(2)16-12-6-7-17(14(12)19)11-5-3-4-10(8-11)13(15)18/h3-5,8-9,12,16H,6-7H2,1-2H3,(H2,15,18). The zero-order valence-electron chi connectivity index (χ0n) is 11.2. The topological polar surface area (TPSA) is 75.4 Å². The van der Waals surface area contributed by atoms with Crippen LogP contribution in [0.4, 0.5) is 5.69 Å². The molecular weight excluding hydrogens is 242 g/mol. The van der Waals surface area contributed by atoms with Crippen molar-refractivity contribution in [1.82, 2.24) is 5.32 Å². The van der Waals surface area contributed by atoms with Crippen LogP contribution in [0.3, 0.4) is 0 Å². The molecule has 1 aliphatic rings. The maximum Gasteiger partial charge on any atom is 0.248 e. The first-order valence-electron chi connectivity index (χ1n) is 6.46. The minimum atomic E-state index is -0.481. The third-order valence-corrected chi connectivity index (χ3v) is 3.18. The van der Waals surface area contributed by atoms with Gasteiger partial charge in [-0.2, -0.15) is 0 Å². The Morgan fingerprint density at radius 2 is 2.21 bits per heavy atom. The van der Waals surface area contributed by atoms with Crippen LogP contribution in [-0.4, -0.2) is 30.4 Å². The second-order valence-electron chi connectivity index (χ2n) is 5.07. The molecule has 1 unspecified atom stereocenters. The van der Waals surface area contributed by atoms with Crippen LogP contribution < -0.4 is 16.0 Å². The molecule has 0 aliphatic carbocycles. The number of rotatable bonds is 4. The normalized spacial score (nSPS) is 19.2. The van der Waals surface area contributed by atoms with Crippen molar-refractivity contribution in [3.8, 4) is 0 Å². The lowest BCUT2D eigenvalue weighted by molar-refractivity contribution is -0.118. The average molecular weight is 261 g/mol. The summed E-state index contributed by atoms with van der Waals surface area (Å²) < 4.78 is 0. The maximum absolute atomic E-state index is 12.3. The van der Waals surface area contributed by atoms with Gasteiger partial charge in [-0.3, -0.25) is 9.59 Å². The molecule has 0 saturated carbocycles. The number of nitrogens with zero attached hydrogens (tertiary/aromatic N) is 1. The molecule has 3 N–H and O–H groups in total. The van der Waals surface area contributed by atoms with E-state index in [1.807, 2.05) is 19.9 Å². The van der Waals surface area contributed by atoms with E-state index in [1.165, 1.54) is 0 Å². The van der Waals surface area contributed by atoms with E-state index in [-0.39, 0.29) is 18.0 Å². The largest absolute Gasteiger partial charge is 0.366 e. The number of carbonyl (C=O) groups excluding carboxylic acids is 2. The Hall–Kier alpha value is -1.88. The first-order chi connectivity index (χ1) is 8.99. The Kier molecular flexibility index (Phi) is 3.85. The van der Waals surface area contributed by atoms with E-state index < -0.39 is 5.91 Å². The van der Waals surface area contributed by atoms with E-state index in [4.69, 9.17) is 5.73 Å². The molecule has 0 aromatic heterocycles. The van der Waals surface area contributed by atoms with E-state index in [0.717, 1.165) is 12.1 Å². The summed E-state index contributed by atoms with van der Waals surface area (Å²) in [6.45, 7) is 4.69. The highest BCUT2D eigenvalue weighted by atomic mass is 16.2. The summed E-state index contributed by atoms with van der Waals surface area (Å²) in [7, 11) is 0. The molecule has 1 atom stereocenters. The van der Waals surface area contributed by atoms with Gasteiger partial charge in [-0.25, -0.2) is 0 Å². The summed E-state index contributed by atoms with van der Waals surface area (Å²) in [4.78, 5) is 25.1. The number of amides is 2. The van der Waals surface area contributed by atoms with Crippen LogP contribution in [0.15, 0.2) is 24.3 Å². The molecule has 5 heteroatoms. The van der Waals surface area contributed by atoms with E-state index in [9.17, 15) is 9.59 Å². The Morgan fingerprint density at radius 3 is 2.84 bits per heavy atom. The van der Waals surface area contributed by atoms with Gasteiger partial charge in [0, 0.05) is 23.8 Å². The molecule has 1 fully saturated rings. The zero-order valence-corrected chi connectivity index (χ0v) is 11.2. The Balaban J connectivity index is 2.17. The van der Waals surface area contributed by atoms with E-state index in [2.05, 4.69) is 5.32 Å². The van der Waals surface area contributed by atoms with Gasteiger partial charge >= 0.3 is 0 Å². The number of nitrogens with one attached hydrogen (secondary N) is 1. The smallest absolute Gasteiger partial charge is 0.248 e. The number of benzene rings is 1. The summed E-state index contributed by atoms with van der Waals surface area (Å²) in [5.41, 5.74) is 6.41. The number of nitrogens with two attached hydrogens (primary N) is 1. The summed E-state index contributed by atoms with van der Waals surface area (Å²) >= 11 is 0. The van der Waals surface area contributed by atoms with Gasteiger partial charge in [0.25, 0.3) is 0 Å². The first kappa shape index (κ1) is 13.5. The minimum Gasteiger partial charge on any atom is -0.366 e. The van der Waals surface area contributed by atoms with Crippen molar-refractivity contribution >= 4 is 17.5 Å². The van der Waals surface area contributed by atoms with E-state index in [1.54, 1.807) is 23.1 Å². The quantitative estimate of drug-likeness (QED) is 0.845. The van der Waals surface area contributed by atoms with E-state index >= 15 is 0 Å². The highest BCUT2D eigenvalue weighted by Gasteiger charge is 2.32. The van der Waals surface area contributed by atoms with Crippen LogP contribution in [0.5, 0.6) is 0 Å². The molecule has 19 heavy (non-hydrogen) atoms. The second kappa shape index (κ2) is 5.40. The fraction of sp³-hybridized carbons (Fsp3) is 0.429. The summed E-state index contributed by atoms with van der Waals surface area (Å²) in [6.07, 6.45) is 0.776. The van der Waals surface area contributed by atoms with Crippen molar-refractivity contribution in [2.75, 3.05) is 11.4 Å². The molecule has 1 aliphatic heterocycles. The number of hydrogen-bond donors (Lipinski definition) is 2. The Labute approximate surface area is 112 Å². The molecular formula is C14H19N3O2. The van der Waals surface area contributed by atoms with Gasteiger partial charge in [-0.15, -0.1) is 0 Å². The van der Waals surface area contributed by atoms with Gasteiger partial charge in [0.15, 0.2) is 0 Å². The van der Waals surface area contributed by atoms with Crippen LogP contribution in [0.1, 0.15) is 30.6 Å². The van der Waals surface area contributed by atoms with Crippen molar-refractivity contribution in [1.29, 1.82) is 0 Å². The number of hydrogen-bond acceptors (Lipinski definition) is 3. The number of anilines is 1. The molecule has 0 bridgehead atoms. The summed E-state index contributed by atoms with van der Waals surface area (Å²) in [6, 6.07) is 7.01. The lowest BCUT2D eigenvalue weighted by Gasteiger charge is -2.18. The Bertz CT molecular complexity index is 499. The fourth-order valence-corrected chi connectivity index (χ4v) is 2.32. The van der Waals surface area contributed by atoms with Crippen molar-refractivity contribution < 1.29 is 9.59 Å². The zero-order chi connectivity index (χ0) is 14.0. The van der Waals surface area contributed by atoms with Gasteiger partial charge in [-0.1, -0.05) is 19.9 Å². The second-order valence-corrected chi connectivity index (χ2v) is 5.07. The molecule has 1 aromatic carbocycles. The van der Waals surface area contributed by atoms with Crippen molar-refractivity contribution in [3.63, 3.8) is 0 Å². The number of primary amides is 1. The lowest BCUT2D eigenvalue weighted by Crippen LogP contribution is -2.41. The van der Waals surface area contributed by atoms with Crippen molar-refractivity contribution in [3.05, 3.63) is 29.8 Å². The molecule has 102 valence electrons. The highest BCUT2D eigenvalue weighted by molar-refractivity contribution is 6.01. The lowest BCUT2D eigenvalue weighted by atomic mass is 10.2. The summed E-state index contributed by atoms with van der Waals surface area (Å²) in [5, 5.41) is 3.25. The minimum absolute atomic E-state index is 0.0512. The van der Waals surface area contributed by atoms with Gasteiger partial charge in [0.05, 0.1) is 6.04 Å². The molecule has 0 spiro atoms. The predicted octanol–water partition coefficient (Wildman–Crippen LogP) is 0.889. The van der Waals surface area contributed by atoms with E-state index in [0.29, 0.717) is 12.1 Å². The molecule has 1 aromatic rings. The maximum atomic E-state index is 12.3. The molecule has 2 rings (SSSR count). The first-order valence-corrected chi connectivity index (χ1v) is 6.46. The fourth-order valence-electron chi connectivity index (χ4n) is 2.32. The van der Waals surface area contributed by atoms with Crippen LogP contribution in [-0.2, 0) is 4.79 Å².